The van der Waals surface area contributed by atoms with Gasteiger partial charge in [0, 0.05) is 30.8 Å². The summed E-state index contributed by atoms with van der Waals surface area (Å²) in [5.41, 5.74) is 4.07. The molecule has 3 heterocycles. The fourth-order valence-corrected chi connectivity index (χ4v) is 4.90. The molecule has 1 saturated heterocycles. The maximum atomic E-state index is 12.5. The summed E-state index contributed by atoms with van der Waals surface area (Å²) in [6, 6.07) is 0. The van der Waals surface area contributed by atoms with Crippen LogP contribution >= 0.6 is 11.3 Å². The number of H-pyrrole nitrogens is 1. The predicted octanol–water partition coefficient (Wildman–Crippen LogP) is 1.92. The fourth-order valence-electron chi connectivity index (χ4n) is 3.62. The lowest BCUT2D eigenvalue weighted by molar-refractivity contribution is -0.125. The first-order valence-electron chi connectivity index (χ1n) is 8.78. The lowest BCUT2D eigenvalue weighted by Gasteiger charge is -2.15. The molecule has 1 fully saturated rings. The van der Waals surface area contributed by atoms with Crippen molar-refractivity contribution in [2.24, 2.45) is 0 Å². The second-order valence-electron chi connectivity index (χ2n) is 6.63. The van der Waals surface area contributed by atoms with E-state index in [2.05, 4.69) is 15.4 Å². The molecule has 2 aromatic heterocycles. The third-order valence-electron chi connectivity index (χ3n) is 4.85. The highest BCUT2D eigenvalue weighted by atomic mass is 32.1. The van der Waals surface area contributed by atoms with Crippen LogP contribution in [-0.4, -0.2) is 34.0 Å². The standard InChI is InChI=1S/C17H22N4O2S/c22-14(20-21-9-3-4-10-21)8-7-13-18-16(23)15-11-5-1-2-6-12(11)24-17(15)19-13/h1-10H2,(H,20,22)(H,18,19,23). The molecule has 1 aliphatic heterocycles. The van der Waals surface area contributed by atoms with Gasteiger partial charge in [-0.15, -0.1) is 11.3 Å². The van der Waals surface area contributed by atoms with E-state index in [1.54, 1.807) is 11.3 Å². The molecule has 0 aromatic carbocycles. The molecule has 6 nitrogen and oxygen atoms in total. The predicted molar refractivity (Wildman–Crippen MR) is 94.2 cm³/mol. The SMILES string of the molecule is O=C(CCc1nc2sc3c(c2c(=O)[nH]1)CCCC3)NN1CCCC1. The average molecular weight is 346 g/mol. The van der Waals surface area contributed by atoms with Crippen molar-refractivity contribution in [3.05, 3.63) is 26.6 Å². The van der Waals surface area contributed by atoms with Crippen LogP contribution in [0, 0.1) is 0 Å². The van der Waals surface area contributed by atoms with E-state index in [9.17, 15) is 9.59 Å². The van der Waals surface area contributed by atoms with E-state index in [4.69, 9.17) is 0 Å². The Hall–Kier alpha value is -1.73. The molecule has 7 heteroatoms. The minimum absolute atomic E-state index is 0.00915. The Morgan fingerprint density at radius 3 is 2.83 bits per heavy atom. The zero-order chi connectivity index (χ0) is 16.5. The number of rotatable bonds is 4. The van der Waals surface area contributed by atoms with Crippen LogP contribution in [0.4, 0.5) is 0 Å². The van der Waals surface area contributed by atoms with Gasteiger partial charge >= 0.3 is 0 Å². The molecular weight excluding hydrogens is 324 g/mol. The van der Waals surface area contributed by atoms with Crippen molar-refractivity contribution in [1.82, 2.24) is 20.4 Å². The van der Waals surface area contributed by atoms with Gasteiger partial charge in [-0.25, -0.2) is 9.99 Å². The van der Waals surface area contributed by atoms with Gasteiger partial charge in [0.25, 0.3) is 5.56 Å². The Bertz CT molecular complexity index is 820. The van der Waals surface area contributed by atoms with Crippen molar-refractivity contribution in [3.63, 3.8) is 0 Å². The summed E-state index contributed by atoms with van der Waals surface area (Å²) in [6.07, 6.45) is 7.46. The number of aromatic amines is 1. The van der Waals surface area contributed by atoms with E-state index in [1.807, 2.05) is 5.01 Å². The summed E-state index contributed by atoms with van der Waals surface area (Å²) in [5, 5.41) is 2.75. The van der Waals surface area contributed by atoms with Gasteiger partial charge in [-0.3, -0.25) is 15.0 Å². The third-order valence-corrected chi connectivity index (χ3v) is 6.04. The van der Waals surface area contributed by atoms with Gasteiger partial charge in [0.2, 0.25) is 5.91 Å². The van der Waals surface area contributed by atoms with Crippen LogP contribution in [0.1, 0.15) is 48.4 Å². The molecule has 0 atom stereocenters. The van der Waals surface area contributed by atoms with E-state index in [1.165, 1.54) is 16.9 Å². The molecule has 24 heavy (non-hydrogen) atoms. The minimum atomic E-state index is -0.0469. The number of aromatic nitrogens is 2. The van der Waals surface area contributed by atoms with Crippen molar-refractivity contribution in [2.75, 3.05) is 13.1 Å². The molecule has 1 amide bonds. The highest BCUT2D eigenvalue weighted by Crippen LogP contribution is 2.33. The quantitative estimate of drug-likeness (QED) is 0.887. The van der Waals surface area contributed by atoms with Gasteiger partial charge in [0.15, 0.2) is 0 Å². The van der Waals surface area contributed by atoms with Gasteiger partial charge < -0.3 is 4.98 Å². The molecule has 0 unspecified atom stereocenters. The molecule has 0 spiro atoms. The summed E-state index contributed by atoms with van der Waals surface area (Å²) < 4.78 is 0. The second kappa shape index (κ2) is 6.64. The van der Waals surface area contributed by atoms with Crippen molar-refractivity contribution in [3.8, 4) is 0 Å². The maximum Gasteiger partial charge on any atom is 0.259 e. The highest BCUT2D eigenvalue weighted by molar-refractivity contribution is 7.18. The number of hydrogen-bond acceptors (Lipinski definition) is 5. The summed E-state index contributed by atoms with van der Waals surface area (Å²) in [6.45, 7) is 1.85. The molecular formula is C17H22N4O2S. The summed E-state index contributed by atoms with van der Waals surface area (Å²) in [7, 11) is 0. The van der Waals surface area contributed by atoms with Gasteiger partial charge in [0.1, 0.15) is 10.7 Å². The molecule has 2 aliphatic rings. The van der Waals surface area contributed by atoms with Gasteiger partial charge in [-0.2, -0.15) is 0 Å². The van der Waals surface area contributed by atoms with Gasteiger partial charge in [-0.1, -0.05) is 0 Å². The number of thiophene rings is 1. The third kappa shape index (κ3) is 3.10. The molecule has 1 aliphatic carbocycles. The van der Waals surface area contributed by atoms with E-state index >= 15 is 0 Å². The van der Waals surface area contributed by atoms with E-state index in [0.717, 1.165) is 55.4 Å². The largest absolute Gasteiger partial charge is 0.310 e. The van der Waals surface area contributed by atoms with Gasteiger partial charge in [-0.05, 0) is 44.1 Å². The first-order valence-corrected chi connectivity index (χ1v) is 9.60. The minimum Gasteiger partial charge on any atom is -0.310 e. The molecule has 2 aromatic rings. The number of fused-ring (bicyclic) bond motifs is 3. The molecule has 2 N–H and O–H groups in total. The highest BCUT2D eigenvalue weighted by Gasteiger charge is 2.20. The van der Waals surface area contributed by atoms with Crippen LogP contribution in [0.15, 0.2) is 4.79 Å². The average Bonchev–Trinajstić information content (AvgIpc) is 3.19. The second-order valence-corrected chi connectivity index (χ2v) is 7.72. The number of amides is 1. The van der Waals surface area contributed by atoms with Crippen molar-refractivity contribution < 1.29 is 4.79 Å². The molecule has 0 radical (unpaired) electrons. The van der Waals surface area contributed by atoms with Crippen molar-refractivity contribution >= 4 is 27.5 Å². The summed E-state index contributed by atoms with van der Waals surface area (Å²) in [5.74, 6) is 0.604. The number of nitrogens with one attached hydrogen (secondary N) is 2. The molecule has 4 rings (SSSR count). The Balaban J connectivity index is 1.48. The monoisotopic (exact) mass is 346 g/mol. The Kier molecular flexibility index (Phi) is 4.37. The zero-order valence-corrected chi connectivity index (χ0v) is 14.5. The number of aryl methyl sites for hydroxylation is 3. The van der Waals surface area contributed by atoms with E-state index < -0.39 is 0 Å². The van der Waals surface area contributed by atoms with E-state index in [-0.39, 0.29) is 11.5 Å². The van der Waals surface area contributed by atoms with Crippen molar-refractivity contribution in [1.29, 1.82) is 0 Å². The van der Waals surface area contributed by atoms with Crippen LogP contribution in [-0.2, 0) is 24.1 Å². The van der Waals surface area contributed by atoms with Crippen LogP contribution < -0.4 is 11.0 Å². The topological polar surface area (TPSA) is 78.1 Å². The van der Waals surface area contributed by atoms with Gasteiger partial charge in [0.05, 0.1) is 5.39 Å². The number of nitrogens with zero attached hydrogens (tertiary/aromatic N) is 2. The molecule has 0 saturated carbocycles. The number of carbonyl (C=O) groups is 1. The first-order chi connectivity index (χ1) is 11.7. The lowest BCUT2D eigenvalue weighted by atomic mass is 9.97. The summed E-state index contributed by atoms with van der Waals surface area (Å²) in [4.78, 5) is 34.1. The normalized spacial score (nSPS) is 18.0. The Morgan fingerprint density at radius 1 is 1.21 bits per heavy atom. The van der Waals surface area contributed by atoms with E-state index in [0.29, 0.717) is 18.7 Å². The van der Waals surface area contributed by atoms with Crippen molar-refractivity contribution in [2.45, 2.75) is 51.4 Å². The fraction of sp³-hybridized carbons (Fsp3) is 0.588. The molecule has 0 bridgehead atoms. The Labute approximate surface area is 144 Å². The lowest BCUT2D eigenvalue weighted by Crippen LogP contribution is -2.40. The van der Waals surface area contributed by atoms with Crippen LogP contribution in [0.2, 0.25) is 0 Å². The number of carbonyl (C=O) groups excluding carboxylic acids is 1. The zero-order valence-electron chi connectivity index (χ0n) is 13.7. The smallest absolute Gasteiger partial charge is 0.259 e. The summed E-state index contributed by atoms with van der Waals surface area (Å²) >= 11 is 1.65. The maximum absolute atomic E-state index is 12.5. The van der Waals surface area contributed by atoms with Crippen LogP contribution in [0.5, 0.6) is 0 Å². The number of hydrogen-bond donors (Lipinski definition) is 2. The first kappa shape index (κ1) is 15.8. The Morgan fingerprint density at radius 2 is 2.00 bits per heavy atom. The van der Waals surface area contributed by atoms with Crippen LogP contribution in [0.25, 0.3) is 10.2 Å². The number of hydrazine groups is 1. The van der Waals surface area contributed by atoms with Crippen LogP contribution in [0.3, 0.4) is 0 Å². The molecule has 128 valence electrons.